The molecule has 0 spiro atoms. The Morgan fingerprint density at radius 3 is 2.63 bits per heavy atom. The highest BCUT2D eigenvalue weighted by Gasteiger charge is 2.13. The molecule has 104 valence electrons. The average molecular weight is 263 g/mol. The maximum absolute atomic E-state index is 5.60. The molecule has 0 aliphatic carbocycles. The summed E-state index contributed by atoms with van der Waals surface area (Å²) < 4.78 is 16.3. The van der Waals surface area contributed by atoms with Crippen LogP contribution in [-0.2, 0) is 6.42 Å². The standard InChI is InChI=1S/C15H21NO3/c1-10(2)16-6-5-11-9-19-14-8-12(17-3)7-13(18-4)15(11)14/h7-10,16H,5-6H2,1-4H3. The zero-order chi connectivity index (χ0) is 13.8. The fourth-order valence-corrected chi connectivity index (χ4v) is 2.13. The van der Waals surface area contributed by atoms with Crippen LogP contribution >= 0.6 is 0 Å². The van der Waals surface area contributed by atoms with Crippen molar-refractivity contribution in [2.75, 3.05) is 20.8 Å². The van der Waals surface area contributed by atoms with E-state index in [9.17, 15) is 0 Å². The minimum absolute atomic E-state index is 0.486. The number of hydrogen-bond donors (Lipinski definition) is 1. The molecule has 1 heterocycles. The summed E-state index contributed by atoms with van der Waals surface area (Å²) in [4.78, 5) is 0. The van der Waals surface area contributed by atoms with Crippen LogP contribution < -0.4 is 14.8 Å². The predicted octanol–water partition coefficient (Wildman–Crippen LogP) is 2.99. The molecule has 0 saturated heterocycles. The molecular weight excluding hydrogens is 242 g/mol. The van der Waals surface area contributed by atoms with Crippen molar-refractivity contribution in [2.45, 2.75) is 26.3 Å². The van der Waals surface area contributed by atoms with Crippen LogP contribution in [0.2, 0.25) is 0 Å². The highest BCUT2D eigenvalue weighted by Crippen LogP contribution is 2.35. The summed E-state index contributed by atoms with van der Waals surface area (Å²) in [5.41, 5.74) is 1.96. The normalized spacial score (nSPS) is 11.2. The highest BCUT2D eigenvalue weighted by molar-refractivity contribution is 5.89. The van der Waals surface area contributed by atoms with Gasteiger partial charge in [0.1, 0.15) is 17.1 Å². The van der Waals surface area contributed by atoms with Gasteiger partial charge in [-0.3, -0.25) is 0 Å². The first-order chi connectivity index (χ1) is 9.15. The fraction of sp³-hybridized carbons (Fsp3) is 0.467. The number of hydrogen-bond acceptors (Lipinski definition) is 4. The molecule has 0 amide bonds. The van der Waals surface area contributed by atoms with Gasteiger partial charge in [-0.1, -0.05) is 13.8 Å². The maximum Gasteiger partial charge on any atom is 0.141 e. The molecule has 1 aromatic heterocycles. The highest BCUT2D eigenvalue weighted by atomic mass is 16.5. The Kier molecular flexibility index (Phi) is 4.32. The first-order valence-corrected chi connectivity index (χ1v) is 6.51. The van der Waals surface area contributed by atoms with Crippen molar-refractivity contribution in [3.63, 3.8) is 0 Å². The third-order valence-corrected chi connectivity index (χ3v) is 3.09. The second kappa shape index (κ2) is 5.97. The molecule has 4 heteroatoms. The summed E-state index contributed by atoms with van der Waals surface area (Å²) >= 11 is 0. The van der Waals surface area contributed by atoms with Crippen LogP contribution in [-0.4, -0.2) is 26.8 Å². The van der Waals surface area contributed by atoms with Crippen LogP contribution in [0.1, 0.15) is 19.4 Å². The second-order valence-corrected chi connectivity index (χ2v) is 4.82. The van der Waals surface area contributed by atoms with Crippen molar-refractivity contribution >= 4 is 11.0 Å². The van der Waals surface area contributed by atoms with Crippen molar-refractivity contribution in [1.82, 2.24) is 5.32 Å². The quantitative estimate of drug-likeness (QED) is 0.870. The van der Waals surface area contributed by atoms with E-state index in [1.54, 1.807) is 20.5 Å². The van der Waals surface area contributed by atoms with Crippen LogP contribution in [0.5, 0.6) is 11.5 Å². The lowest BCUT2D eigenvalue weighted by Gasteiger charge is -2.08. The fourth-order valence-electron chi connectivity index (χ4n) is 2.13. The molecule has 1 aromatic carbocycles. The van der Waals surface area contributed by atoms with Crippen LogP contribution in [0.15, 0.2) is 22.8 Å². The van der Waals surface area contributed by atoms with E-state index in [2.05, 4.69) is 19.2 Å². The molecule has 4 nitrogen and oxygen atoms in total. The molecule has 0 atom stereocenters. The van der Waals surface area contributed by atoms with Gasteiger partial charge >= 0.3 is 0 Å². The molecule has 2 rings (SSSR count). The van der Waals surface area contributed by atoms with Crippen molar-refractivity contribution < 1.29 is 13.9 Å². The van der Waals surface area contributed by atoms with E-state index in [1.165, 1.54) is 0 Å². The van der Waals surface area contributed by atoms with Crippen LogP contribution in [0.3, 0.4) is 0 Å². The van der Waals surface area contributed by atoms with E-state index in [4.69, 9.17) is 13.9 Å². The topological polar surface area (TPSA) is 43.6 Å². The van der Waals surface area contributed by atoms with Crippen LogP contribution in [0.4, 0.5) is 0 Å². The largest absolute Gasteiger partial charge is 0.496 e. The van der Waals surface area contributed by atoms with Gasteiger partial charge in [-0.15, -0.1) is 0 Å². The third-order valence-electron chi connectivity index (χ3n) is 3.09. The van der Waals surface area contributed by atoms with E-state index in [-0.39, 0.29) is 0 Å². The van der Waals surface area contributed by atoms with E-state index in [0.717, 1.165) is 41.0 Å². The Morgan fingerprint density at radius 1 is 1.21 bits per heavy atom. The zero-order valence-corrected chi connectivity index (χ0v) is 11.9. The molecule has 0 bridgehead atoms. The van der Waals surface area contributed by atoms with E-state index < -0.39 is 0 Å². The minimum atomic E-state index is 0.486. The number of fused-ring (bicyclic) bond motifs is 1. The zero-order valence-electron chi connectivity index (χ0n) is 11.9. The summed E-state index contributed by atoms with van der Waals surface area (Å²) in [7, 11) is 3.30. The van der Waals surface area contributed by atoms with Crippen LogP contribution in [0, 0.1) is 0 Å². The Hall–Kier alpha value is -1.68. The summed E-state index contributed by atoms with van der Waals surface area (Å²) in [5.74, 6) is 1.54. The van der Waals surface area contributed by atoms with Crippen LogP contribution in [0.25, 0.3) is 11.0 Å². The molecule has 0 aliphatic rings. The first-order valence-electron chi connectivity index (χ1n) is 6.51. The summed E-state index contributed by atoms with van der Waals surface area (Å²) in [5, 5.41) is 4.44. The van der Waals surface area contributed by atoms with Gasteiger partial charge in [0, 0.05) is 23.7 Å². The number of rotatable bonds is 6. The average Bonchev–Trinajstić information content (AvgIpc) is 2.80. The van der Waals surface area contributed by atoms with Gasteiger partial charge in [0.05, 0.1) is 25.9 Å². The molecule has 0 radical (unpaired) electrons. The second-order valence-electron chi connectivity index (χ2n) is 4.82. The summed E-state index contributed by atoms with van der Waals surface area (Å²) in [6.07, 6.45) is 2.71. The number of nitrogens with one attached hydrogen (secondary N) is 1. The Labute approximate surface area is 113 Å². The van der Waals surface area contributed by atoms with Gasteiger partial charge < -0.3 is 19.2 Å². The van der Waals surface area contributed by atoms with Gasteiger partial charge in [-0.25, -0.2) is 0 Å². The Bertz CT molecular complexity index is 546. The molecule has 0 aliphatic heterocycles. The first kappa shape index (κ1) is 13.7. The van der Waals surface area contributed by atoms with Crippen molar-refractivity contribution in [3.05, 3.63) is 24.0 Å². The molecular formula is C15H21NO3. The lowest BCUT2D eigenvalue weighted by atomic mass is 10.1. The number of ether oxygens (including phenoxy) is 2. The summed E-state index contributed by atoms with van der Waals surface area (Å²) in [6.45, 7) is 5.19. The smallest absolute Gasteiger partial charge is 0.141 e. The minimum Gasteiger partial charge on any atom is -0.496 e. The van der Waals surface area contributed by atoms with E-state index in [0.29, 0.717) is 6.04 Å². The molecule has 0 saturated carbocycles. The predicted molar refractivity (Wildman–Crippen MR) is 76.2 cm³/mol. The van der Waals surface area contributed by atoms with E-state index in [1.807, 2.05) is 12.1 Å². The number of methoxy groups -OCH3 is 2. The van der Waals surface area contributed by atoms with Gasteiger partial charge in [0.15, 0.2) is 0 Å². The molecule has 1 N–H and O–H groups in total. The van der Waals surface area contributed by atoms with Gasteiger partial charge in [0.2, 0.25) is 0 Å². The lowest BCUT2D eigenvalue weighted by molar-refractivity contribution is 0.397. The maximum atomic E-state index is 5.60. The Balaban J connectivity index is 2.30. The Morgan fingerprint density at radius 2 is 2.00 bits per heavy atom. The molecule has 0 fully saturated rings. The van der Waals surface area contributed by atoms with Crippen molar-refractivity contribution in [3.8, 4) is 11.5 Å². The van der Waals surface area contributed by atoms with Crippen molar-refractivity contribution in [2.24, 2.45) is 0 Å². The molecule has 0 unspecified atom stereocenters. The number of furan rings is 1. The lowest BCUT2D eigenvalue weighted by Crippen LogP contribution is -2.24. The van der Waals surface area contributed by atoms with Crippen molar-refractivity contribution in [1.29, 1.82) is 0 Å². The van der Waals surface area contributed by atoms with Gasteiger partial charge in [-0.05, 0) is 13.0 Å². The van der Waals surface area contributed by atoms with E-state index >= 15 is 0 Å². The molecule has 19 heavy (non-hydrogen) atoms. The molecule has 2 aromatic rings. The SMILES string of the molecule is COc1cc(OC)c2c(CCNC(C)C)coc2c1. The van der Waals surface area contributed by atoms with Gasteiger partial charge in [-0.2, -0.15) is 0 Å². The third kappa shape index (κ3) is 3.01. The monoisotopic (exact) mass is 263 g/mol. The summed E-state index contributed by atoms with van der Waals surface area (Å²) in [6, 6.07) is 4.26. The van der Waals surface area contributed by atoms with Gasteiger partial charge in [0.25, 0.3) is 0 Å². The number of benzene rings is 1.